The second kappa shape index (κ2) is 45.8. The Balaban J connectivity index is 0.000000200. The second-order valence-electron chi connectivity index (χ2n) is 28.0. The number of aliphatic hydroxyl groups is 1. The Labute approximate surface area is 707 Å². The first-order chi connectivity index (χ1) is 52.6. The fourth-order valence-corrected chi connectivity index (χ4v) is 20.0. The Bertz CT molecular complexity index is 5170. The molecule has 0 radical (unpaired) electrons. The zero-order valence-electron chi connectivity index (χ0n) is 64.4. The van der Waals surface area contributed by atoms with Crippen LogP contribution in [0.2, 0.25) is 30.1 Å². The van der Waals surface area contributed by atoms with Crippen molar-refractivity contribution in [2.45, 2.75) is 113 Å². The fraction of sp³-hybridized carbons (Fsp3) is 0.200. The van der Waals surface area contributed by atoms with Gasteiger partial charge < -0.3 is 30.4 Å². The zero-order chi connectivity index (χ0) is 81.3. The van der Waals surface area contributed by atoms with Crippen molar-refractivity contribution < 1.29 is 74.2 Å². The molecule has 0 aliphatic carbocycles. The van der Waals surface area contributed by atoms with Crippen LogP contribution >= 0.6 is 69.6 Å². The van der Waals surface area contributed by atoms with Crippen molar-refractivity contribution in [3.05, 3.63) is 325 Å². The number of phenolic OH excluding ortho intramolecular Hbond substituents is 3. The molecule has 0 aliphatic rings. The molecular weight excluding hydrogens is 2020 g/mol. The van der Waals surface area contributed by atoms with E-state index in [1.807, 2.05) is 191 Å². The molecule has 4 N–H and O–H groups in total. The van der Waals surface area contributed by atoms with E-state index >= 15 is 0 Å². The van der Waals surface area contributed by atoms with Crippen molar-refractivity contribution in [3.8, 4) is 17.2 Å². The van der Waals surface area contributed by atoms with E-state index < -0.39 is 59.4 Å². The van der Waals surface area contributed by atoms with Crippen LogP contribution in [0, 0.1) is 33.1 Å². The van der Waals surface area contributed by atoms with Gasteiger partial charge in [-0.3, -0.25) is 15.0 Å². The Hall–Kier alpha value is -7.80. The minimum Gasteiger partial charge on any atom is -0.665 e. The van der Waals surface area contributed by atoms with Gasteiger partial charge in [0.1, 0.15) is 28.3 Å². The molecule has 0 saturated heterocycles. The molecular formula is C90H92Cl6N8O4W3-2. The smallest absolute Gasteiger partial charge is 0.141 e. The van der Waals surface area contributed by atoms with Gasteiger partial charge in [-0.2, -0.15) is 22.8 Å². The molecule has 111 heavy (non-hydrogen) atoms. The van der Waals surface area contributed by atoms with E-state index in [1.54, 1.807) is 69.7 Å². The fourth-order valence-electron chi connectivity index (χ4n) is 9.52. The predicted molar refractivity (Wildman–Crippen MR) is 460 cm³/mol. The third-order valence-electron chi connectivity index (χ3n) is 15.0. The van der Waals surface area contributed by atoms with Gasteiger partial charge in [-0.25, -0.2) is 0 Å². The van der Waals surface area contributed by atoms with E-state index in [-0.39, 0.29) is 33.5 Å². The molecule has 0 aliphatic heterocycles. The van der Waals surface area contributed by atoms with Crippen molar-refractivity contribution in [1.82, 2.24) is 24.9 Å². The number of halogens is 6. The maximum absolute atomic E-state index is 9.83. The van der Waals surface area contributed by atoms with Crippen molar-refractivity contribution in [1.29, 1.82) is 0 Å². The standard InChI is InChI=1S/C13H9NO.2C10H12.2C9H7NO.3C6H3Cl2N.2C6H8N.C5H10.C4H10O.3W/c15-11-5-1-3-9-6-7-10-4-2-8-14-13(10)12(9)11;2*1-10(2,3)9-7-5-4-6-8-9;2*11-8-5-1-3-7-4-2-6-10-9(7)8;3*7-4-2-1-3-5(8)6(4)9;2*1-5-3-4-6(2)7-5;1-5(2,3)4;1-4(2,3)5;;;/h1-8,15H;2*1,4-8H,2-3H3;2*1-6,11H;3*1-3H;2*3-4H,1-2H3;1H,2-4H3;5H,1-3H3;;;/q;;;;;;;;2*-1;;;;;. The Kier molecular flexibility index (Phi) is 38.0. The third kappa shape index (κ3) is 32.7. The van der Waals surface area contributed by atoms with Crippen molar-refractivity contribution >= 4 is 143 Å². The second-order valence-corrected chi connectivity index (χ2v) is 37.3. The summed E-state index contributed by atoms with van der Waals surface area (Å²) in [4.78, 5) is 20.6. The van der Waals surface area contributed by atoms with Crippen LogP contribution in [0.3, 0.4) is 0 Å². The summed E-state index contributed by atoms with van der Waals surface area (Å²) >= 11 is 33.7. The molecule has 578 valence electrons. The topological polar surface area (TPSA) is 185 Å². The summed E-state index contributed by atoms with van der Waals surface area (Å²) in [6.07, 6.45) is 5.08. The first kappa shape index (κ1) is 92.1. The van der Waals surface area contributed by atoms with Gasteiger partial charge in [0.25, 0.3) is 0 Å². The van der Waals surface area contributed by atoms with Crippen LogP contribution < -0.4 is 9.97 Å². The molecule has 0 amide bonds. The average molecular weight is 2110 g/mol. The largest absolute Gasteiger partial charge is 0.665 e. The number of aromatic nitrogens is 5. The number of benzene rings is 9. The SMILES string of the molecule is CC(C)(C)O.CC(C)(C)[CH]=[W]=[N]c1c(Cl)cccc1Cl.CC(C)([CH]=[W]=[N]c1c(Cl)cccc1Cl)c1ccccc1.CC(C)([CH]=[W]=[N]c1c(Cl)cccc1Cl)c1ccccc1.Cc1ccc(C)[n-]1.Cc1ccc(C)[n-]1.Oc1cccc2ccc3cccnc3c12.Oc1cccc2cccnc12.Oc1cccc2cccnc12. The van der Waals surface area contributed by atoms with Crippen molar-refractivity contribution in [2.24, 2.45) is 15.9 Å². The number of aryl methyl sites for hydroxylation is 4. The van der Waals surface area contributed by atoms with E-state index in [4.69, 9.17) is 74.7 Å². The number of nitrogens with zero attached hydrogens (tertiary/aromatic N) is 8. The number of hydrogen-bond donors (Lipinski definition) is 4. The van der Waals surface area contributed by atoms with Gasteiger partial charge in [-0.15, -0.1) is 0 Å². The van der Waals surface area contributed by atoms with Crippen LogP contribution in [0.4, 0.5) is 17.1 Å². The van der Waals surface area contributed by atoms with Crippen molar-refractivity contribution in [3.63, 3.8) is 0 Å². The van der Waals surface area contributed by atoms with Crippen molar-refractivity contribution in [2.75, 3.05) is 0 Å². The molecule has 14 aromatic rings. The van der Waals surface area contributed by atoms with Gasteiger partial charge in [-0.05, 0) is 62.6 Å². The Morgan fingerprint density at radius 2 is 0.586 bits per heavy atom. The van der Waals surface area contributed by atoms with Crippen LogP contribution in [-0.4, -0.2) is 54.2 Å². The molecule has 0 unspecified atom stereocenters. The normalized spacial score (nSPS) is 10.7. The van der Waals surface area contributed by atoms with E-state index in [9.17, 15) is 15.3 Å². The molecule has 0 saturated carbocycles. The van der Waals surface area contributed by atoms with Gasteiger partial charge in [0, 0.05) is 40.1 Å². The summed E-state index contributed by atoms with van der Waals surface area (Å²) in [7, 11) is 0. The number of fused-ring (bicyclic) bond motifs is 5. The van der Waals surface area contributed by atoms with Gasteiger partial charge in [0.15, 0.2) is 0 Å². The number of para-hydroxylation sites is 2. The van der Waals surface area contributed by atoms with Crippen LogP contribution in [0.1, 0.15) is 103 Å². The molecule has 12 nitrogen and oxygen atoms in total. The monoisotopic (exact) mass is 2110 g/mol. The average Bonchev–Trinajstić information content (AvgIpc) is 1.50. The summed E-state index contributed by atoms with van der Waals surface area (Å²) in [5.74, 6) is 0.767. The summed E-state index contributed by atoms with van der Waals surface area (Å²) in [5.41, 5.74) is 11.3. The summed E-state index contributed by atoms with van der Waals surface area (Å²) < 4.78 is 20.8. The zero-order valence-corrected chi connectivity index (χ0v) is 77.8. The number of rotatable bonds is 7. The first-order valence-electron chi connectivity index (χ1n) is 35.0. The number of pyridine rings is 3. The van der Waals surface area contributed by atoms with E-state index in [1.165, 1.54) is 11.1 Å². The molecule has 14 rings (SSSR count). The molecule has 5 aromatic heterocycles. The van der Waals surface area contributed by atoms with E-state index in [2.05, 4.69) is 146 Å². The van der Waals surface area contributed by atoms with E-state index in [0.717, 1.165) is 72.3 Å². The minimum atomic E-state index is -1.01. The molecule has 21 heteroatoms. The molecule has 0 atom stereocenters. The predicted octanol–water partition coefficient (Wildman–Crippen LogP) is 26.4. The van der Waals surface area contributed by atoms with Crippen LogP contribution in [-0.2, 0) is 64.6 Å². The van der Waals surface area contributed by atoms with Crippen LogP contribution in [0.25, 0.3) is 43.5 Å². The van der Waals surface area contributed by atoms with Crippen LogP contribution in [0.5, 0.6) is 17.2 Å². The Morgan fingerprint density at radius 1 is 0.315 bits per heavy atom. The third-order valence-corrected chi connectivity index (χ3v) is 27.9. The van der Waals surface area contributed by atoms with Gasteiger partial charge >= 0.3 is 385 Å². The Morgan fingerprint density at radius 3 is 0.892 bits per heavy atom. The van der Waals surface area contributed by atoms with Gasteiger partial charge in [0.05, 0.1) is 11.1 Å². The molecule has 5 heterocycles. The maximum Gasteiger partial charge on any atom is 0.141 e. The summed E-state index contributed by atoms with van der Waals surface area (Å²) in [6.45, 7) is 28.6. The molecule has 0 spiro atoms. The van der Waals surface area contributed by atoms with E-state index in [0.29, 0.717) is 41.2 Å². The van der Waals surface area contributed by atoms with Gasteiger partial charge in [-0.1, -0.05) is 119 Å². The summed E-state index contributed by atoms with van der Waals surface area (Å²) in [6, 6.07) is 77.1. The quantitative estimate of drug-likeness (QED) is 0.113. The molecule has 0 fully saturated rings. The maximum atomic E-state index is 9.83. The minimum absolute atomic E-state index is 0.0309. The first-order valence-corrected chi connectivity index (χ1v) is 46.3. The van der Waals surface area contributed by atoms with Crippen LogP contribution in [0.15, 0.2) is 272 Å². The number of hydrogen-bond acceptors (Lipinski definition) is 10. The summed E-state index contributed by atoms with van der Waals surface area (Å²) in [5, 5.41) is 45.6. The molecule has 0 bridgehead atoms. The molecule has 9 aromatic carbocycles. The number of aromatic hydroxyl groups is 3. The number of phenols is 3. The van der Waals surface area contributed by atoms with Gasteiger partial charge in [0.2, 0.25) is 0 Å².